The van der Waals surface area contributed by atoms with Crippen LogP contribution in [-0.4, -0.2) is 4.98 Å². The summed E-state index contributed by atoms with van der Waals surface area (Å²) in [4.78, 5) is 4.27. The zero-order valence-electron chi connectivity index (χ0n) is 20.6. The highest BCUT2D eigenvalue weighted by atomic mass is 16.3. The first-order valence-corrected chi connectivity index (χ1v) is 12.9. The van der Waals surface area contributed by atoms with E-state index in [9.17, 15) is 0 Å². The summed E-state index contributed by atoms with van der Waals surface area (Å²) in [7, 11) is 0. The molecule has 0 fully saturated rings. The van der Waals surface area contributed by atoms with E-state index in [1.54, 1.807) is 6.20 Å². The summed E-state index contributed by atoms with van der Waals surface area (Å²) in [5, 5.41) is 6.29. The highest BCUT2D eigenvalue weighted by molar-refractivity contribution is 6.33. The minimum absolute atomic E-state index is 0.792. The molecule has 9 aromatic rings. The van der Waals surface area contributed by atoms with Crippen molar-refractivity contribution < 1.29 is 13.3 Å². The van der Waals surface area contributed by atoms with Gasteiger partial charge in [0.25, 0.3) is 0 Å². The van der Waals surface area contributed by atoms with Crippen LogP contribution in [-0.2, 0) is 0 Å². The lowest BCUT2D eigenvalue weighted by atomic mass is 9.95. The maximum Gasteiger partial charge on any atom is 0.147 e. The monoisotopic (exact) mass is 501 g/mol. The molecule has 0 radical (unpaired) electrons. The topological polar surface area (TPSA) is 52.3 Å². The molecule has 4 heteroatoms. The second-order valence-corrected chi connectivity index (χ2v) is 9.93. The largest absolute Gasteiger partial charge is 0.456 e. The van der Waals surface area contributed by atoms with Gasteiger partial charge in [-0.25, -0.2) is 0 Å². The van der Waals surface area contributed by atoms with Crippen LogP contribution in [0.5, 0.6) is 0 Å². The highest BCUT2D eigenvalue weighted by Gasteiger charge is 2.23. The minimum Gasteiger partial charge on any atom is -0.456 e. The summed E-state index contributed by atoms with van der Waals surface area (Å²) in [5.41, 5.74) is 9.38. The standard InChI is InChI=1S/C35H19NO3/c1-4-10-27-23(7-1)31-25(21-13-11-20(12-14-21)22-6-5-17-36-19-22)18-30-34(35(31)39-27)33-29(38-30)16-15-28-32(33)24-8-2-3-9-26(24)37-28/h1-19H. The van der Waals surface area contributed by atoms with Crippen molar-refractivity contribution in [1.82, 2.24) is 4.98 Å². The van der Waals surface area contributed by atoms with Crippen LogP contribution in [0.2, 0.25) is 0 Å². The molecular formula is C35H19NO3. The molecule has 0 saturated heterocycles. The molecule has 5 aromatic carbocycles. The van der Waals surface area contributed by atoms with Crippen LogP contribution >= 0.6 is 0 Å². The fourth-order valence-corrected chi connectivity index (χ4v) is 6.05. The third-order valence-corrected chi connectivity index (χ3v) is 7.78. The molecule has 0 atom stereocenters. The van der Waals surface area contributed by atoms with E-state index >= 15 is 0 Å². The fraction of sp³-hybridized carbons (Fsp3) is 0. The number of rotatable bonds is 2. The van der Waals surface area contributed by atoms with Crippen molar-refractivity contribution >= 4 is 65.8 Å². The smallest absolute Gasteiger partial charge is 0.147 e. The zero-order valence-corrected chi connectivity index (χ0v) is 20.6. The Bertz CT molecular complexity index is 2370. The summed E-state index contributed by atoms with van der Waals surface area (Å²) < 4.78 is 19.4. The quantitative estimate of drug-likeness (QED) is 0.236. The first-order valence-electron chi connectivity index (χ1n) is 12.9. The summed E-state index contributed by atoms with van der Waals surface area (Å²) in [6.07, 6.45) is 3.68. The Balaban J connectivity index is 1.41. The number of nitrogens with zero attached hydrogens (tertiary/aromatic N) is 1. The number of aromatic nitrogens is 1. The van der Waals surface area contributed by atoms with E-state index in [2.05, 4.69) is 59.6 Å². The second kappa shape index (κ2) is 7.59. The van der Waals surface area contributed by atoms with Crippen molar-refractivity contribution in [3.63, 3.8) is 0 Å². The maximum absolute atomic E-state index is 6.63. The van der Waals surface area contributed by atoms with Gasteiger partial charge in [0.15, 0.2) is 0 Å². The van der Waals surface area contributed by atoms with Gasteiger partial charge in [0, 0.05) is 39.3 Å². The van der Waals surface area contributed by atoms with Crippen LogP contribution in [0.1, 0.15) is 0 Å². The van der Waals surface area contributed by atoms with Gasteiger partial charge in [-0.15, -0.1) is 0 Å². The van der Waals surface area contributed by atoms with Crippen LogP contribution in [0.3, 0.4) is 0 Å². The fourth-order valence-electron chi connectivity index (χ4n) is 6.05. The highest BCUT2D eigenvalue weighted by Crippen LogP contribution is 2.47. The van der Waals surface area contributed by atoms with E-state index in [0.29, 0.717) is 0 Å². The lowest BCUT2D eigenvalue weighted by Gasteiger charge is -2.07. The Hall–Kier alpha value is -5.35. The SMILES string of the molecule is c1cncc(-c2ccc(-c3cc4oc5ccc6oc7ccccc7c6c5c4c4oc5ccccc5c34)cc2)c1. The number of benzene rings is 5. The summed E-state index contributed by atoms with van der Waals surface area (Å²) in [6.45, 7) is 0. The van der Waals surface area contributed by atoms with Crippen LogP contribution in [0, 0.1) is 0 Å². The van der Waals surface area contributed by atoms with Crippen molar-refractivity contribution in [1.29, 1.82) is 0 Å². The van der Waals surface area contributed by atoms with Gasteiger partial charge in [-0.05, 0) is 58.7 Å². The molecular weight excluding hydrogens is 482 g/mol. The molecule has 4 heterocycles. The summed E-state index contributed by atoms with van der Waals surface area (Å²) >= 11 is 0. The molecule has 0 spiro atoms. The normalized spacial score (nSPS) is 12.1. The van der Waals surface area contributed by atoms with Gasteiger partial charge in [0.05, 0.1) is 5.39 Å². The van der Waals surface area contributed by atoms with E-state index < -0.39 is 0 Å². The average molecular weight is 502 g/mol. The van der Waals surface area contributed by atoms with Gasteiger partial charge in [-0.3, -0.25) is 4.98 Å². The molecule has 0 aliphatic heterocycles. The van der Waals surface area contributed by atoms with E-state index in [1.165, 1.54) is 0 Å². The Morgan fingerprint density at radius 3 is 1.87 bits per heavy atom. The van der Waals surface area contributed by atoms with Crippen molar-refractivity contribution in [3.8, 4) is 22.3 Å². The molecule has 0 aliphatic rings. The van der Waals surface area contributed by atoms with Crippen molar-refractivity contribution in [3.05, 3.63) is 116 Å². The third kappa shape index (κ3) is 2.85. The molecule has 4 aromatic heterocycles. The van der Waals surface area contributed by atoms with Crippen LogP contribution < -0.4 is 0 Å². The van der Waals surface area contributed by atoms with E-state index in [0.717, 1.165) is 88.1 Å². The van der Waals surface area contributed by atoms with Crippen LogP contribution in [0.15, 0.2) is 129 Å². The number of furan rings is 3. The van der Waals surface area contributed by atoms with Gasteiger partial charge in [0.2, 0.25) is 0 Å². The first-order chi connectivity index (χ1) is 19.3. The Kier molecular flexibility index (Phi) is 4.02. The molecule has 0 aliphatic carbocycles. The predicted octanol–water partition coefficient (Wildman–Crippen LogP) is 10.1. The Morgan fingerprint density at radius 1 is 0.436 bits per heavy atom. The number of hydrogen-bond acceptors (Lipinski definition) is 4. The lowest BCUT2D eigenvalue weighted by Crippen LogP contribution is -1.83. The van der Waals surface area contributed by atoms with E-state index in [4.69, 9.17) is 13.3 Å². The first kappa shape index (κ1) is 20.7. The average Bonchev–Trinajstić information content (AvgIpc) is 3.68. The van der Waals surface area contributed by atoms with E-state index in [-0.39, 0.29) is 0 Å². The number of pyridine rings is 1. The second-order valence-electron chi connectivity index (χ2n) is 9.93. The van der Waals surface area contributed by atoms with Gasteiger partial charge in [0.1, 0.15) is 33.5 Å². The van der Waals surface area contributed by atoms with Gasteiger partial charge >= 0.3 is 0 Å². The van der Waals surface area contributed by atoms with Crippen molar-refractivity contribution in [2.24, 2.45) is 0 Å². The van der Waals surface area contributed by atoms with Gasteiger partial charge < -0.3 is 13.3 Å². The van der Waals surface area contributed by atoms with Gasteiger partial charge in [-0.2, -0.15) is 0 Å². The third-order valence-electron chi connectivity index (χ3n) is 7.78. The summed E-state index contributed by atoms with van der Waals surface area (Å²) in [6, 6.07) is 35.2. The molecule has 182 valence electrons. The Morgan fingerprint density at radius 2 is 1.10 bits per heavy atom. The van der Waals surface area contributed by atoms with Crippen LogP contribution in [0.25, 0.3) is 88.1 Å². The summed E-state index contributed by atoms with van der Waals surface area (Å²) in [5.74, 6) is 0. The molecule has 0 saturated carbocycles. The number of fused-ring (bicyclic) bond motifs is 11. The van der Waals surface area contributed by atoms with Crippen LogP contribution in [0.4, 0.5) is 0 Å². The maximum atomic E-state index is 6.63. The molecule has 0 amide bonds. The molecule has 0 unspecified atom stereocenters. The number of hydrogen-bond donors (Lipinski definition) is 0. The lowest BCUT2D eigenvalue weighted by molar-refractivity contribution is 0.660. The molecule has 0 bridgehead atoms. The number of para-hydroxylation sites is 2. The molecule has 39 heavy (non-hydrogen) atoms. The molecule has 4 nitrogen and oxygen atoms in total. The Labute approximate surface area is 221 Å². The molecule has 9 rings (SSSR count). The van der Waals surface area contributed by atoms with Gasteiger partial charge in [-0.1, -0.05) is 66.7 Å². The van der Waals surface area contributed by atoms with Crippen molar-refractivity contribution in [2.45, 2.75) is 0 Å². The van der Waals surface area contributed by atoms with Crippen molar-refractivity contribution in [2.75, 3.05) is 0 Å². The predicted molar refractivity (Wildman–Crippen MR) is 157 cm³/mol. The molecule has 0 N–H and O–H groups in total. The minimum atomic E-state index is 0.792. The van der Waals surface area contributed by atoms with E-state index in [1.807, 2.05) is 54.7 Å². The zero-order chi connectivity index (χ0) is 25.5.